The van der Waals surface area contributed by atoms with E-state index < -0.39 is 0 Å². The van der Waals surface area contributed by atoms with Gasteiger partial charge in [0.05, 0.1) is 0 Å². The maximum absolute atomic E-state index is 3.64. The van der Waals surface area contributed by atoms with Crippen molar-refractivity contribution < 1.29 is 0 Å². The lowest BCUT2D eigenvalue weighted by molar-refractivity contribution is 1.71. The molecule has 0 aliphatic rings. The summed E-state index contributed by atoms with van der Waals surface area (Å²) in [7, 11) is 0. The van der Waals surface area contributed by atoms with Crippen molar-refractivity contribution >= 4 is 79.8 Å². The lowest BCUT2D eigenvalue weighted by atomic mass is 9.92. The molecule has 0 aliphatic carbocycles. The van der Waals surface area contributed by atoms with Gasteiger partial charge in [0.25, 0.3) is 0 Å². The van der Waals surface area contributed by atoms with E-state index in [1.54, 1.807) is 0 Å². The number of hydrogen-bond donors (Lipinski definition) is 0. The fraction of sp³-hybridized carbons (Fsp3) is 0. The van der Waals surface area contributed by atoms with Crippen molar-refractivity contribution in [1.82, 2.24) is 0 Å². The van der Waals surface area contributed by atoms with Crippen molar-refractivity contribution in [3.05, 3.63) is 108 Å². The summed E-state index contributed by atoms with van der Waals surface area (Å²) < 4.78 is 3.79. The minimum absolute atomic E-state index is 1.12. The molecule has 0 atom stereocenters. The van der Waals surface area contributed by atoms with Crippen molar-refractivity contribution in [2.24, 2.45) is 0 Å². The molecule has 1 heterocycles. The summed E-state index contributed by atoms with van der Waals surface area (Å²) in [4.78, 5) is 0. The lowest BCUT2D eigenvalue weighted by Crippen LogP contribution is -1.85. The summed E-state index contributed by atoms with van der Waals surface area (Å²) >= 11 is 5.50. The van der Waals surface area contributed by atoms with E-state index in [1.807, 2.05) is 11.3 Å². The molecule has 0 spiro atoms. The van der Waals surface area contributed by atoms with Crippen molar-refractivity contribution in [1.29, 1.82) is 0 Å². The molecule has 6 aromatic carbocycles. The van der Waals surface area contributed by atoms with Crippen LogP contribution in [0.2, 0.25) is 0 Å². The van der Waals surface area contributed by atoms with Gasteiger partial charge in [0.1, 0.15) is 0 Å². The highest BCUT2D eigenvalue weighted by Gasteiger charge is 2.11. The first-order chi connectivity index (χ1) is 15.8. The molecule has 0 N–H and O–H groups in total. The highest BCUT2D eigenvalue weighted by atomic mass is 79.9. The molecule has 0 bridgehead atoms. The summed E-state index contributed by atoms with van der Waals surface area (Å²) in [5.74, 6) is 0. The normalized spacial score (nSPS) is 11.9. The van der Waals surface area contributed by atoms with Crippen LogP contribution in [0.1, 0.15) is 0 Å². The van der Waals surface area contributed by atoms with E-state index in [-0.39, 0.29) is 0 Å². The average Bonchev–Trinajstić information content (AvgIpc) is 3.21. The number of rotatable bonds is 1. The molecule has 150 valence electrons. The molecule has 0 fully saturated rings. The molecule has 0 saturated heterocycles. The Morgan fingerprint density at radius 1 is 0.406 bits per heavy atom. The van der Waals surface area contributed by atoms with Crippen LogP contribution in [0.15, 0.2) is 108 Å². The topological polar surface area (TPSA) is 0 Å². The Bertz CT molecular complexity index is 1810. The van der Waals surface area contributed by atoms with Crippen molar-refractivity contribution in [3.63, 3.8) is 0 Å². The zero-order valence-electron chi connectivity index (χ0n) is 17.1. The van der Waals surface area contributed by atoms with Gasteiger partial charge in [-0.1, -0.05) is 82.7 Å². The molecular formula is C30H17BrS. The zero-order valence-corrected chi connectivity index (χ0v) is 19.5. The fourth-order valence-electron chi connectivity index (χ4n) is 5.02. The summed E-state index contributed by atoms with van der Waals surface area (Å²) in [5.41, 5.74) is 2.52. The quantitative estimate of drug-likeness (QED) is 0.201. The molecule has 0 aliphatic heterocycles. The highest BCUT2D eigenvalue weighted by Crippen LogP contribution is 2.40. The van der Waals surface area contributed by atoms with Gasteiger partial charge in [-0.15, -0.1) is 11.3 Å². The molecule has 2 heteroatoms. The van der Waals surface area contributed by atoms with Crippen molar-refractivity contribution in [3.8, 4) is 11.1 Å². The summed E-state index contributed by atoms with van der Waals surface area (Å²) in [6.45, 7) is 0. The van der Waals surface area contributed by atoms with Gasteiger partial charge in [-0.05, 0) is 79.8 Å². The van der Waals surface area contributed by atoms with Gasteiger partial charge >= 0.3 is 0 Å². The Labute approximate surface area is 197 Å². The van der Waals surface area contributed by atoms with Gasteiger partial charge in [0.2, 0.25) is 0 Å². The van der Waals surface area contributed by atoms with E-state index in [9.17, 15) is 0 Å². The number of fused-ring (bicyclic) bond motifs is 9. The third-order valence-corrected chi connectivity index (χ3v) is 8.15. The second kappa shape index (κ2) is 6.90. The van der Waals surface area contributed by atoms with E-state index in [1.165, 1.54) is 63.6 Å². The number of hydrogen-bond acceptors (Lipinski definition) is 1. The predicted octanol–water partition coefficient (Wildman–Crippen LogP) is 9.94. The lowest BCUT2D eigenvalue weighted by Gasteiger charge is -2.12. The van der Waals surface area contributed by atoms with Gasteiger partial charge in [0.15, 0.2) is 0 Å². The average molecular weight is 489 g/mol. The van der Waals surface area contributed by atoms with Crippen LogP contribution in [0.3, 0.4) is 0 Å². The maximum atomic E-state index is 3.64. The van der Waals surface area contributed by atoms with E-state index in [2.05, 4.69) is 119 Å². The largest absolute Gasteiger partial charge is 0.135 e. The Hall–Kier alpha value is -3.20. The minimum Gasteiger partial charge on any atom is -0.135 e. The fourth-order valence-corrected chi connectivity index (χ4v) is 6.44. The first kappa shape index (κ1) is 18.4. The standard InChI is InChI=1S/C30H17BrS/c31-20-11-14-30-28(17-20)27-16-19(10-13-29(27)32-30)18-9-12-25-23-7-2-1-5-21(23)22-6-3-4-8-24(22)26(25)15-18/h1-17H. The molecule has 0 radical (unpaired) electrons. The summed E-state index contributed by atoms with van der Waals surface area (Å²) in [6, 6.07) is 37.9. The van der Waals surface area contributed by atoms with Gasteiger partial charge in [-0.3, -0.25) is 0 Å². The summed E-state index contributed by atoms with van der Waals surface area (Å²) in [6.07, 6.45) is 0. The Morgan fingerprint density at radius 3 is 1.53 bits per heavy atom. The van der Waals surface area contributed by atoms with Gasteiger partial charge < -0.3 is 0 Å². The molecule has 0 nitrogen and oxygen atoms in total. The van der Waals surface area contributed by atoms with E-state index in [4.69, 9.17) is 0 Å². The first-order valence-corrected chi connectivity index (χ1v) is 12.3. The molecular weight excluding hydrogens is 472 g/mol. The minimum atomic E-state index is 1.12. The molecule has 1 aromatic heterocycles. The predicted molar refractivity (Wildman–Crippen MR) is 145 cm³/mol. The number of thiophene rings is 1. The number of benzene rings is 6. The molecule has 7 aromatic rings. The number of halogens is 1. The molecule has 0 amide bonds. The van der Waals surface area contributed by atoms with Crippen LogP contribution in [0.4, 0.5) is 0 Å². The molecule has 7 rings (SSSR count). The zero-order chi connectivity index (χ0) is 21.2. The second-order valence-corrected chi connectivity index (χ2v) is 10.3. The monoisotopic (exact) mass is 488 g/mol. The first-order valence-electron chi connectivity index (χ1n) is 10.7. The van der Waals surface area contributed by atoms with Crippen molar-refractivity contribution in [2.45, 2.75) is 0 Å². The Balaban J connectivity index is 1.53. The second-order valence-electron chi connectivity index (χ2n) is 8.31. The van der Waals surface area contributed by atoms with Gasteiger partial charge in [0, 0.05) is 24.6 Å². The molecule has 0 saturated carbocycles. The smallest absolute Gasteiger partial charge is 0.0356 e. The van der Waals surface area contributed by atoms with Crippen LogP contribution in [-0.2, 0) is 0 Å². The van der Waals surface area contributed by atoms with Crippen LogP contribution in [0, 0.1) is 0 Å². The van der Waals surface area contributed by atoms with Gasteiger partial charge in [-0.2, -0.15) is 0 Å². The maximum Gasteiger partial charge on any atom is 0.0356 e. The van der Waals surface area contributed by atoms with Crippen LogP contribution in [0.25, 0.3) is 63.6 Å². The Kier molecular flexibility index (Phi) is 3.96. The van der Waals surface area contributed by atoms with E-state index in [0.29, 0.717) is 0 Å². The summed E-state index contributed by atoms with van der Waals surface area (Å²) in [5, 5.41) is 10.5. The van der Waals surface area contributed by atoms with E-state index >= 15 is 0 Å². The van der Waals surface area contributed by atoms with E-state index in [0.717, 1.165) is 4.47 Å². The van der Waals surface area contributed by atoms with Crippen LogP contribution in [0.5, 0.6) is 0 Å². The van der Waals surface area contributed by atoms with Crippen LogP contribution < -0.4 is 0 Å². The van der Waals surface area contributed by atoms with Gasteiger partial charge in [-0.25, -0.2) is 0 Å². The third kappa shape index (κ3) is 2.67. The highest BCUT2D eigenvalue weighted by molar-refractivity contribution is 9.10. The molecule has 0 unspecified atom stereocenters. The van der Waals surface area contributed by atoms with Crippen molar-refractivity contribution in [2.75, 3.05) is 0 Å². The Morgan fingerprint density at radius 2 is 0.875 bits per heavy atom. The molecule has 32 heavy (non-hydrogen) atoms. The SMILES string of the molecule is Brc1ccc2sc3ccc(-c4ccc5c6ccccc6c6ccccc6c5c4)cc3c2c1. The van der Waals surface area contributed by atoms with Crippen LogP contribution >= 0.6 is 27.3 Å². The third-order valence-electron chi connectivity index (χ3n) is 6.51. The van der Waals surface area contributed by atoms with Crippen LogP contribution in [-0.4, -0.2) is 0 Å².